The summed E-state index contributed by atoms with van der Waals surface area (Å²) in [6.45, 7) is 1.24. The number of guanidine groups is 1. The summed E-state index contributed by atoms with van der Waals surface area (Å²) in [7, 11) is 12.8. The Balaban J connectivity index is 2.06. The van der Waals surface area contributed by atoms with E-state index in [-0.39, 0.29) is 17.4 Å². The molecule has 1 fully saturated rings. The lowest BCUT2D eigenvalue weighted by molar-refractivity contribution is -0.138. The van der Waals surface area contributed by atoms with E-state index in [9.17, 15) is 4.79 Å². The van der Waals surface area contributed by atoms with Crippen LogP contribution < -0.4 is 20.1 Å². The van der Waals surface area contributed by atoms with E-state index in [1.54, 1.807) is 26.2 Å². The Morgan fingerprint density at radius 1 is 1.10 bits per heavy atom. The van der Waals surface area contributed by atoms with E-state index in [1.165, 1.54) is 0 Å². The fraction of sp³-hybridized carbons (Fsp3) is 0.652. The minimum atomic E-state index is -0.342. The van der Waals surface area contributed by atoms with Gasteiger partial charge in [0.1, 0.15) is 0 Å². The number of amides is 1. The molecule has 0 aliphatic heterocycles. The molecule has 0 saturated heterocycles. The van der Waals surface area contributed by atoms with Gasteiger partial charge in [0.2, 0.25) is 5.91 Å². The first-order valence-electron chi connectivity index (χ1n) is 10.8. The van der Waals surface area contributed by atoms with E-state index in [2.05, 4.69) is 20.5 Å². The highest BCUT2D eigenvalue weighted by Crippen LogP contribution is 2.39. The van der Waals surface area contributed by atoms with Crippen LogP contribution in [0.25, 0.3) is 0 Å². The van der Waals surface area contributed by atoms with E-state index < -0.39 is 0 Å². The van der Waals surface area contributed by atoms with E-state index in [0.717, 1.165) is 31.2 Å². The maximum Gasteiger partial charge on any atom is 0.230 e. The lowest BCUT2D eigenvalue weighted by atomic mass is 9.84. The Bertz CT molecular complexity index is 758. The summed E-state index contributed by atoms with van der Waals surface area (Å²) < 4.78 is 10.8. The highest BCUT2D eigenvalue weighted by molar-refractivity contribution is 5.85. The highest BCUT2D eigenvalue weighted by Gasteiger charge is 2.42. The first-order chi connectivity index (χ1) is 14.8. The average Bonchev–Trinajstić information content (AvgIpc) is 3.24. The molecule has 1 saturated carbocycles. The van der Waals surface area contributed by atoms with Gasteiger partial charge in [-0.05, 0) is 44.6 Å². The number of likely N-dealkylation sites (N-methyl/N-ethyl adjacent to an activating group) is 1. The van der Waals surface area contributed by atoms with Crippen LogP contribution in [0.3, 0.4) is 0 Å². The molecule has 0 bridgehead atoms. The number of carbonyl (C=O) groups excluding carboxylic acids is 1. The Morgan fingerprint density at radius 2 is 1.74 bits per heavy atom. The zero-order valence-corrected chi connectivity index (χ0v) is 20.1. The van der Waals surface area contributed by atoms with Gasteiger partial charge in [-0.2, -0.15) is 0 Å². The Kier molecular flexibility index (Phi) is 8.98. The molecule has 8 nitrogen and oxygen atoms in total. The maximum absolute atomic E-state index is 12.8. The van der Waals surface area contributed by atoms with Gasteiger partial charge in [-0.1, -0.05) is 18.9 Å². The van der Waals surface area contributed by atoms with E-state index in [1.807, 2.05) is 46.4 Å². The first-order valence-corrected chi connectivity index (χ1v) is 10.8. The van der Waals surface area contributed by atoms with Gasteiger partial charge in [0.15, 0.2) is 17.5 Å². The topological polar surface area (TPSA) is 78.4 Å². The third kappa shape index (κ3) is 6.03. The van der Waals surface area contributed by atoms with Gasteiger partial charge < -0.3 is 29.9 Å². The summed E-state index contributed by atoms with van der Waals surface area (Å²) in [5.74, 6) is 2.32. The number of carbonyl (C=O) groups is 1. The number of nitrogens with zero attached hydrogens (tertiary/aromatic N) is 3. The molecular formula is C23H39N5O3. The predicted octanol–water partition coefficient (Wildman–Crippen LogP) is 2.12. The van der Waals surface area contributed by atoms with Crippen LogP contribution in [0.4, 0.5) is 0 Å². The zero-order valence-electron chi connectivity index (χ0n) is 20.1. The van der Waals surface area contributed by atoms with Crippen molar-refractivity contribution < 1.29 is 14.3 Å². The van der Waals surface area contributed by atoms with E-state index >= 15 is 0 Å². The molecule has 0 spiro atoms. The van der Waals surface area contributed by atoms with Crippen molar-refractivity contribution in [3.63, 3.8) is 0 Å². The number of ether oxygens (including phenoxy) is 2. The molecule has 174 valence electrons. The van der Waals surface area contributed by atoms with Crippen LogP contribution in [0.5, 0.6) is 11.5 Å². The molecule has 31 heavy (non-hydrogen) atoms. The number of methoxy groups -OCH3 is 2. The second-order valence-corrected chi connectivity index (χ2v) is 8.59. The summed E-state index contributed by atoms with van der Waals surface area (Å²) >= 11 is 0. The van der Waals surface area contributed by atoms with E-state index in [0.29, 0.717) is 30.5 Å². The first kappa shape index (κ1) is 24.8. The Hall–Kier alpha value is -2.48. The lowest BCUT2D eigenvalue weighted by Crippen LogP contribution is -2.50. The SMILES string of the molecule is CN=C(NCC(c1ccc(OC)c(OC)c1)N(C)C)NCC1(C(=O)N(C)C)CCCC1. The molecule has 8 heteroatoms. The van der Waals surface area contributed by atoms with Crippen LogP contribution in [0.15, 0.2) is 23.2 Å². The van der Waals surface area contributed by atoms with Crippen LogP contribution in [-0.2, 0) is 4.79 Å². The fourth-order valence-corrected chi connectivity index (χ4v) is 4.32. The molecule has 2 N–H and O–H groups in total. The highest BCUT2D eigenvalue weighted by atomic mass is 16.5. The largest absolute Gasteiger partial charge is 0.493 e. The summed E-state index contributed by atoms with van der Waals surface area (Å²) in [6.07, 6.45) is 4.02. The molecule has 1 atom stereocenters. The summed E-state index contributed by atoms with van der Waals surface area (Å²) in [6, 6.07) is 6.08. The maximum atomic E-state index is 12.8. The van der Waals surface area contributed by atoms with Crippen molar-refractivity contribution in [2.24, 2.45) is 10.4 Å². The number of nitrogens with one attached hydrogen (secondary N) is 2. The molecule has 1 unspecified atom stereocenters. The van der Waals surface area contributed by atoms with Gasteiger partial charge in [-0.25, -0.2) is 0 Å². The van der Waals surface area contributed by atoms with Crippen molar-refractivity contribution in [3.05, 3.63) is 23.8 Å². The summed E-state index contributed by atoms with van der Waals surface area (Å²) in [5, 5.41) is 6.83. The van der Waals surface area contributed by atoms with Gasteiger partial charge in [-0.15, -0.1) is 0 Å². The Labute approximate surface area is 187 Å². The van der Waals surface area contributed by atoms with Crippen LogP contribution in [0.2, 0.25) is 0 Å². The number of rotatable bonds is 9. The quantitative estimate of drug-likeness (QED) is 0.459. The lowest BCUT2D eigenvalue weighted by Gasteiger charge is -2.32. The van der Waals surface area contributed by atoms with Gasteiger partial charge in [0.25, 0.3) is 0 Å². The third-order valence-corrected chi connectivity index (χ3v) is 6.12. The molecule has 1 aromatic rings. The van der Waals surface area contributed by atoms with Gasteiger partial charge in [-0.3, -0.25) is 9.79 Å². The van der Waals surface area contributed by atoms with E-state index in [4.69, 9.17) is 9.47 Å². The monoisotopic (exact) mass is 433 g/mol. The molecule has 1 aliphatic rings. The number of hydrogen-bond donors (Lipinski definition) is 2. The molecule has 0 radical (unpaired) electrons. The second-order valence-electron chi connectivity index (χ2n) is 8.59. The normalized spacial score (nSPS) is 16.7. The van der Waals surface area contributed by atoms with Crippen molar-refractivity contribution in [2.75, 3.05) is 62.5 Å². The van der Waals surface area contributed by atoms with Crippen LogP contribution in [-0.4, -0.2) is 84.2 Å². The predicted molar refractivity (Wildman–Crippen MR) is 125 cm³/mol. The minimum absolute atomic E-state index is 0.0993. The van der Waals surface area contributed by atoms with Crippen LogP contribution in [0.1, 0.15) is 37.3 Å². The molecule has 1 aromatic carbocycles. The molecule has 1 amide bonds. The summed E-state index contributed by atoms with van der Waals surface area (Å²) in [4.78, 5) is 21.1. The number of benzene rings is 1. The molecular weight excluding hydrogens is 394 g/mol. The van der Waals surface area contributed by atoms with Crippen molar-refractivity contribution in [2.45, 2.75) is 31.7 Å². The number of hydrogen-bond acceptors (Lipinski definition) is 5. The zero-order chi connectivity index (χ0) is 23.0. The minimum Gasteiger partial charge on any atom is -0.493 e. The van der Waals surface area contributed by atoms with Crippen molar-refractivity contribution in [1.29, 1.82) is 0 Å². The smallest absolute Gasteiger partial charge is 0.230 e. The molecule has 1 aliphatic carbocycles. The molecule has 0 heterocycles. The fourth-order valence-electron chi connectivity index (χ4n) is 4.32. The van der Waals surface area contributed by atoms with Gasteiger partial charge in [0.05, 0.1) is 25.7 Å². The van der Waals surface area contributed by atoms with Crippen molar-refractivity contribution in [1.82, 2.24) is 20.4 Å². The van der Waals surface area contributed by atoms with Gasteiger partial charge in [0, 0.05) is 34.2 Å². The van der Waals surface area contributed by atoms with Crippen LogP contribution >= 0.6 is 0 Å². The standard InChI is InChI=1S/C23H39N5O3/c1-24-22(26-16-23(12-8-9-13-23)21(29)28(4)5)25-15-18(27(2)3)17-10-11-19(30-6)20(14-17)31-7/h10-11,14,18H,8-9,12-13,15-16H2,1-7H3,(H2,24,25,26). The average molecular weight is 434 g/mol. The molecule has 2 rings (SSSR count). The van der Waals surface area contributed by atoms with Gasteiger partial charge >= 0.3 is 0 Å². The Morgan fingerprint density at radius 3 is 2.26 bits per heavy atom. The second kappa shape index (κ2) is 11.2. The third-order valence-electron chi connectivity index (χ3n) is 6.12. The van der Waals surface area contributed by atoms with Crippen LogP contribution in [0, 0.1) is 5.41 Å². The molecule has 0 aromatic heterocycles. The summed E-state index contributed by atoms with van der Waals surface area (Å²) in [5.41, 5.74) is 0.770. The van der Waals surface area contributed by atoms with Crippen molar-refractivity contribution in [3.8, 4) is 11.5 Å². The number of aliphatic imine (C=N–C) groups is 1. The van der Waals surface area contributed by atoms with Crippen molar-refractivity contribution >= 4 is 11.9 Å².